The molecule has 0 saturated heterocycles. The van der Waals surface area contributed by atoms with Gasteiger partial charge in [0.05, 0.1) is 0 Å². The van der Waals surface area contributed by atoms with Gasteiger partial charge in [-0.2, -0.15) is 0 Å². The molecule has 0 aliphatic rings. The molecule has 9 nitrogen and oxygen atoms in total. The molecule has 0 aromatic carbocycles. The fourth-order valence-electron chi connectivity index (χ4n) is 0. The summed E-state index contributed by atoms with van der Waals surface area (Å²) in [5.41, 5.74) is 0. The minimum absolute atomic E-state index is 0. The van der Waals surface area contributed by atoms with Crippen molar-refractivity contribution < 1.29 is 49.4 Å². The van der Waals surface area contributed by atoms with E-state index in [1.54, 1.807) is 0 Å². The maximum atomic E-state index is 8.52. The molecule has 0 unspecified atom stereocenters. The van der Waals surface area contributed by atoms with Crippen LogP contribution in [0.3, 0.4) is 0 Å². The van der Waals surface area contributed by atoms with Gasteiger partial charge in [-0.05, 0) is 0 Å². The van der Waals surface area contributed by atoms with Crippen LogP contribution in [0.15, 0.2) is 0 Å². The van der Waals surface area contributed by atoms with Gasteiger partial charge in [-0.3, -0.25) is 8.42 Å². The van der Waals surface area contributed by atoms with Crippen LogP contribution in [0.2, 0.25) is 0 Å². The van der Waals surface area contributed by atoms with Crippen LogP contribution >= 0.6 is 0 Å². The van der Waals surface area contributed by atoms with E-state index in [-0.39, 0.29) is 62.6 Å². The van der Waals surface area contributed by atoms with Gasteiger partial charge in [0.25, 0.3) is 0 Å². The summed E-state index contributed by atoms with van der Waals surface area (Å²) in [6.07, 6.45) is 0. The molecule has 0 atom stereocenters. The van der Waals surface area contributed by atoms with Gasteiger partial charge in [-0.1, -0.05) is 0 Å². The van der Waals surface area contributed by atoms with Crippen molar-refractivity contribution in [1.82, 2.24) is 30.8 Å². The third kappa shape index (κ3) is 2860. The van der Waals surface area contributed by atoms with Gasteiger partial charge < -0.3 is 52.3 Å². The Morgan fingerprint density at radius 3 is 0.750 bits per heavy atom. The third-order valence-electron chi connectivity index (χ3n) is 0. The summed E-state index contributed by atoms with van der Waals surface area (Å²) in [4.78, 5) is 0. The van der Waals surface area contributed by atoms with Crippen molar-refractivity contribution in [3.05, 3.63) is 0 Å². The molecule has 0 saturated carbocycles. The van der Waals surface area contributed by atoms with Crippen molar-refractivity contribution in [2.75, 3.05) is 0 Å². The van der Waals surface area contributed by atoms with E-state index in [2.05, 4.69) is 0 Å². The van der Waals surface area contributed by atoms with Crippen LogP contribution in [0, 0.1) is 0 Å². The molecule has 0 bridgehead atoms. The molecule has 0 heterocycles. The van der Waals surface area contributed by atoms with E-state index >= 15 is 0 Å². The Bertz CT molecular complexity index is 107. The molecule has 0 fully saturated rings. The second-order valence-corrected chi connectivity index (χ2v) is 1.22. The van der Waals surface area contributed by atoms with Gasteiger partial charge in [0.1, 0.15) is 0 Å². The largest absolute Gasteiger partial charge is 3.00 e. The molecule has 0 aliphatic heterocycles. The van der Waals surface area contributed by atoms with Crippen LogP contribution in [0.4, 0.5) is 0 Å². The summed E-state index contributed by atoms with van der Waals surface area (Å²) in [6, 6.07) is 0. The molecule has 0 radical (unpaired) electrons. The van der Waals surface area contributed by atoms with Gasteiger partial charge in [0, 0.05) is 10.4 Å². The zero-order chi connectivity index (χ0) is 4.50. The molecule has 15 N–H and O–H groups in total. The van der Waals surface area contributed by atoms with Crippen molar-refractivity contribution in [3.8, 4) is 0 Å². The van der Waals surface area contributed by atoms with E-state index in [0.717, 1.165) is 0 Å². The molecule has 0 spiro atoms. The predicted molar refractivity (Wildman–Crippen MR) is 35.6 cm³/mol. The Kier molecular flexibility index (Phi) is 200. The molecule has 86 valence electrons. The molecule has 0 aromatic heterocycles. The van der Waals surface area contributed by atoms with E-state index in [0.29, 0.717) is 0 Å². The molecule has 0 aliphatic carbocycles. The second kappa shape index (κ2) is 29.9. The fraction of sp³-hybridized carbons (Fsp3) is 0. The van der Waals surface area contributed by atoms with E-state index in [9.17, 15) is 0 Å². The monoisotopic (exact) mass is 319 g/mol. The predicted octanol–water partition coefficient (Wildman–Crippen LogP) is -3.53. The summed E-state index contributed by atoms with van der Waals surface area (Å²) in [5, 5.41) is 0. The number of hydrogen-bond donors (Lipinski definition) is 5. The first-order valence-corrected chi connectivity index (χ1v) is 2.00. The SMILES string of the molecule is N.N.N.N.N.O=S(=O)([O-])[O-].[Cl-].[Rh+3]. The summed E-state index contributed by atoms with van der Waals surface area (Å²) >= 11 is 0. The fourth-order valence-corrected chi connectivity index (χ4v) is 0. The molecular weight excluding hydrogens is 304 g/mol. The average Bonchev–Trinajstić information content (AvgIpc) is 0.722. The Balaban J connectivity index is -0.00000000381. The van der Waals surface area contributed by atoms with Crippen LogP contribution in [0.1, 0.15) is 0 Å². The van der Waals surface area contributed by atoms with Gasteiger partial charge >= 0.3 is 19.5 Å². The quantitative estimate of drug-likeness (QED) is 0.168. The minimum Gasteiger partial charge on any atom is -1.00 e. The molecular formula is H15ClN5O4RhS. The van der Waals surface area contributed by atoms with Crippen LogP contribution in [0.5, 0.6) is 0 Å². The topological polar surface area (TPSA) is 255 Å². The van der Waals surface area contributed by atoms with E-state index in [4.69, 9.17) is 17.5 Å². The number of hydrogen-bond acceptors (Lipinski definition) is 9. The maximum absolute atomic E-state index is 8.52. The normalized spacial score (nSPS) is 4.83. The number of rotatable bonds is 0. The van der Waals surface area contributed by atoms with Crippen LogP contribution in [-0.4, -0.2) is 17.5 Å². The Hall–Kier alpha value is 0.583. The van der Waals surface area contributed by atoms with E-state index in [1.165, 1.54) is 0 Å². The van der Waals surface area contributed by atoms with Gasteiger partial charge in [0.15, 0.2) is 0 Å². The second-order valence-electron chi connectivity index (χ2n) is 0.408. The van der Waals surface area contributed by atoms with Crippen LogP contribution < -0.4 is 43.2 Å². The molecule has 0 aromatic rings. The molecule has 0 amide bonds. The molecule has 12 heavy (non-hydrogen) atoms. The van der Waals surface area contributed by atoms with Gasteiger partial charge in [0.2, 0.25) is 0 Å². The van der Waals surface area contributed by atoms with Gasteiger partial charge in [-0.25, -0.2) is 0 Å². The van der Waals surface area contributed by atoms with Crippen molar-refractivity contribution >= 4 is 10.4 Å². The van der Waals surface area contributed by atoms with Gasteiger partial charge in [-0.15, -0.1) is 0 Å². The van der Waals surface area contributed by atoms with Crippen LogP contribution in [-0.2, 0) is 29.9 Å². The Labute approximate surface area is 90.7 Å². The third-order valence-corrected chi connectivity index (χ3v) is 0. The summed E-state index contributed by atoms with van der Waals surface area (Å²) < 4.78 is 34.1. The summed E-state index contributed by atoms with van der Waals surface area (Å²) in [5.74, 6) is 0. The first-order chi connectivity index (χ1) is 2.00. The maximum Gasteiger partial charge on any atom is 3.00 e. The minimum atomic E-state index is -5.17. The number of halogens is 1. The zero-order valence-corrected chi connectivity index (χ0v) is 9.50. The zero-order valence-electron chi connectivity index (χ0n) is 6.29. The summed E-state index contributed by atoms with van der Waals surface area (Å²) in [6.45, 7) is 0. The Morgan fingerprint density at radius 2 is 0.750 bits per heavy atom. The molecule has 12 heteroatoms. The van der Waals surface area contributed by atoms with E-state index < -0.39 is 10.4 Å². The van der Waals surface area contributed by atoms with Crippen LogP contribution in [0.25, 0.3) is 0 Å². The summed E-state index contributed by atoms with van der Waals surface area (Å²) in [7, 11) is -5.17. The average molecular weight is 320 g/mol. The van der Waals surface area contributed by atoms with Crippen molar-refractivity contribution in [2.45, 2.75) is 0 Å². The van der Waals surface area contributed by atoms with Crippen molar-refractivity contribution in [2.24, 2.45) is 0 Å². The molecule has 0 rings (SSSR count). The van der Waals surface area contributed by atoms with Crippen molar-refractivity contribution in [1.29, 1.82) is 0 Å². The standard InChI is InChI=1S/ClH.5H3N.H2O4S.Rh/c;;;;;;1-5(2,3)4;/h1H;5*1H3;(H2,1,2,3,4);/q;;;;;;;+3/p-3. The first kappa shape index (κ1) is 80.4. The Morgan fingerprint density at radius 1 is 0.750 bits per heavy atom. The van der Waals surface area contributed by atoms with Crippen molar-refractivity contribution in [3.63, 3.8) is 0 Å². The first-order valence-electron chi connectivity index (χ1n) is 0.667. The smallest absolute Gasteiger partial charge is 1.00 e. The van der Waals surface area contributed by atoms with E-state index in [1.807, 2.05) is 0 Å².